The number of amides is 1. The summed E-state index contributed by atoms with van der Waals surface area (Å²) < 4.78 is 0. The van der Waals surface area contributed by atoms with E-state index in [1.54, 1.807) is 18.3 Å². The second-order valence-electron chi connectivity index (χ2n) is 5.65. The van der Waals surface area contributed by atoms with Gasteiger partial charge in [0.05, 0.1) is 11.1 Å². The van der Waals surface area contributed by atoms with Crippen molar-refractivity contribution in [3.63, 3.8) is 0 Å². The fourth-order valence-corrected chi connectivity index (χ4v) is 2.87. The van der Waals surface area contributed by atoms with Gasteiger partial charge in [0.1, 0.15) is 0 Å². The normalized spacial score (nSPS) is 11.1. The fraction of sp³-hybridized carbons (Fsp3) is 0.100. The van der Waals surface area contributed by atoms with Crippen LogP contribution >= 0.6 is 11.6 Å². The molecule has 0 saturated carbocycles. The van der Waals surface area contributed by atoms with Crippen LogP contribution in [0.3, 0.4) is 0 Å². The van der Waals surface area contributed by atoms with Crippen molar-refractivity contribution < 1.29 is 4.79 Å². The summed E-state index contributed by atoms with van der Waals surface area (Å²) >= 11 is 6.08. The zero-order valence-corrected chi connectivity index (χ0v) is 14.0. The molecule has 1 amide bonds. The van der Waals surface area contributed by atoms with Crippen molar-refractivity contribution in [2.75, 3.05) is 5.32 Å². The molecule has 2 aromatic carbocycles. The summed E-state index contributed by atoms with van der Waals surface area (Å²) in [6.45, 7) is 1.91. The summed E-state index contributed by atoms with van der Waals surface area (Å²) in [5.74, 6) is -0.158. The van der Waals surface area contributed by atoms with Crippen molar-refractivity contribution in [3.05, 3.63) is 95.3 Å². The highest BCUT2D eigenvalue weighted by molar-refractivity contribution is 6.32. The monoisotopic (exact) mass is 336 g/mol. The van der Waals surface area contributed by atoms with Crippen molar-refractivity contribution >= 4 is 23.2 Å². The van der Waals surface area contributed by atoms with Crippen LogP contribution in [0.25, 0.3) is 0 Å². The number of nitrogens with zero attached hydrogens (tertiary/aromatic N) is 1. The van der Waals surface area contributed by atoms with Gasteiger partial charge in [0.2, 0.25) is 5.91 Å². The molecule has 120 valence electrons. The van der Waals surface area contributed by atoms with Crippen LogP contribution in [0.5, 0.6) is 0 Å². The quantitative estimate of drug-likeness (QED) is 0.703. The van der Waals surface area contributed by atoms with Gasteiger partial charge in [-0.3, -0.25) is 4.79 Å². The first-order valence-corrected chi connectivity index (χ1v) is 8.03. The summed E-state index contributed by atoms with van der Waals surface area (Å²) in [6.07, 6.45) is 1.59. The van der Waals surface area contributed by atoms with Crippen LogP contribution < -0.4 is 5.32 Å². The second kappa shape index (κ2) is 6.85. The van der Waals surface area contributed by atoms with Gasteiger partial charge in [-0.15, -0.1) is 0 Å². The molecule has 0 spiro atoms. The van der Waals surface area contributed by atoms with E-state index in [-0.39, 0.29) is 11.1 Å². The number of carbonyl (C=O) groups is 1. The van der Waals surface area contributed by atoms with Gasteiger partial charge in [0.15, 0.2) is 5.15 Å². The van der Waals surface area contributed by atoms with E-state index in [9.17, 15) is 4.79 Å². The van der Waals surface area contributed by atoms with Crippen molar-refractivity contribution in [2.24, 2.45) is 0 Å². The standard InChI is InChI=1S/C20H17ClN2O/c1-20(15-9-4-2-5-10-15,16-11-6-3-7-12-16)19(24)23-17-13-8-14-22-18(17)21/h2-14H,1H3,(H,23,24). The van der Waals surface area contributed by atoms with Crippen molar-refractivity contribution in [1.82, 2.24) is 4.98 Å². The average Bonchev–Trinajstić information content (AvgIpc) is 2.64. The number of carbonyl (C=O) groups excluding carboxylic acids is 1. The number of pyridine rings is 1. The van der Waals surface area contributed by atoms with E-state index in [2.05, 4.69) is 10.3 Å². The zero-order chi connectivity index (χ0) is 17.0. The van der Waals surface area contributed by atoms with Crippen LogP contribution in [0.15, 0.2) is 79.0 Å². The maximum absolute atomic E-state index is 13.2. The van der Waals surface area contributed by atoms with Crippen molar-refractivity contribution in [3.8, 4) is 0 Å². The minimum atomic E-state index is -0.846. The highest BCUT2D eigenvalue weighted by atomic mass is 35.5. The van der Waals surface area contributed by atoms with E-state index in [0.29, 0.717) is 5.69 Å². The fourth-order valence-electron chi connectivity index (χ4n) is 2.70. The summed E-state index contributed by atoms with van der Waals surface area (Å²) in [7, 11) is 0. The molecule has 0 atom stereocenters. The minimum Gasteiger partial charge on any atom is -0.322 e. The van der Waals surface area contributed by atoms with Crippen LogP contribution in [0.1, 0.15) is 18.1 Å². The molecule has 24 heavy (non-hydrogen) atoms. The molecule has 3 nitrogen and oxygen atoms in total. The van der Waals surface area contributed by atoms with Crippen LogP contribution in [0, 0.1) is 0 Å². The van der Waals surface area contributed by atoms with Crippen molar-refractivity contribution in [2.45, 2.75) is 12.3 Å². The Morgan fingerprint density at radius 1 is 0.917 bits per heavy atom. The lowest BCUT2D eigenvalue weighted by atomic mass is 9.75. The zero-order valence-electron chi connectivity index (χ0n) is 13.2. The number of benzene rings is 2. The van der Waals surface area contributed by atoms with E-state index >= 15 is 0 Å². The number of anilines is 1. The maximum Gasteiger partial charge on any atom is 0.239 e. The molecule has 1 N–H and O–H groups in total. The lowest BCUT2D eigenvalue weighted by Gasteiger charge is -2.29. The Bertz CT molecular complexity index is 795. The van der Waals surface area contributed by atoms with E-state index in [4.69, 9.17) is 11.6 Å². The Morgan fingerprint density at radius 3 is 1.96 bits per heavy atom. The second-order valence-corrected chi connectivity index (χ2v) is 6.01. The topological polar surface area (TPSA) is 42.0 Å². The van der Waals surface area contributed by atoms with E-state index in [1.165, 1.54) is 0 Å². The highest BCUT2D eigenvalue weighted by Gasteiger charge is 2.37. The third kappa shape index (κ3) is 3.03. The van der Waals surface area contributed by atoms with Crippen LogP contribution in [0.4, 0.5) is 5.69 Å². The van der Waals surface area contributed by atoms with Gasteiger partial charge in [-0.1, -0.05) is 72.3 Å². The van der Waals surface area contributed by atoms with Gasteiger partial charge < -0.3 is 5.32 Å². The van der Waals surface area contributed by atoms with Gasteiger partial charge in [-0.25, -0.2) is 4.98 Å². The highest BCUT2D eigenvalue weighted by Crippen LogP contribution is 2.34. The molecule has 0 saturated heterocycles. The third-order valence-electron chi connectivity index (χ3n) is 4.16. The molecule has 1 heterocycles. The van der Waals surface area contributed by atoms with Gasteiger partial charge in [-0.2, -0.15) is 0 Å². The number of aromatic nitrogens is 1. The van der Waals surface area contributed by atoms with Gasteiger partial charge >= 0.3 is 0 Å². The number of rotatable bonds is 4. The first-order chi connectivity index (χ1) is 11.6. The van der Waals surface area contributed by atoms with E-state index < -0.39 is 5.41 Å². The van der Waals surface area contributed by atoms with Gasteiger partial charge in [0.25, 0.3) is 0 Å². The number of hydrogen-bond acceptors (Lipinski definition) is 2. The average molecular weight is 337 g/mol. The predicted molar refractivity (Wildman–Crippen MR) is 97.2 cm³/mol. The largest absolute Gasteiger partial charge is 0.322 e. The first-order valence-electron chi connectivity index (χ1n) is 7.65. The minimum absolute atomic E-state index is 0.158. The lowest BCUT2D eigenvalue weighted by Crippen LogP contribution is -2.38. The van der Waals surface area contributed by atoms with E-state index in [1.807, 2.05) is 67.6 Å². The third-order valence-corrected chi connectivity index (χ3v) is 4.46. The molecule has 0 unspecified atom stereocenters. The Balaban J connectivity index is 2.06. The molecule has 3 aromatic rings. The molecule has 0 aliphatic carbocycles. The molecule has 3 rings (SSSR count). The Hall–Kier alpha value is -2.65. The molecule has 1 aromatic heterocycles. The predicted octanol–water partition coefficient (Wildman–Crippen LogP) is 4.68. The smallest absolute Gasteiger partial charge is 0.239 e. The first kappa shape index (κ1) is 16.2. The van der Waals surface area contributed by atoms with E-state index in [0.717, 1.165) is 11.1 Å². The Labute approximate surface area is 146 Å². The number of nitrogens with one attached hydrogen (secondary N) is 1. The Morgan fingerprint density at radius 2 is 1.46 bits per heavy atom. The van der Waals surface area contributed by atoms with Gasteiger partial charge in [-0.05, 0) is 30.2 Å². The lowest BCUT2D eigenvalue weighted by molar-refractivity contribution is -0.119. The van der Waals surface area contributed by atoms with Crippen LogP contribution in [0.2, 0.25) is 5.15 Å². The molecular weight excluding hydrogens is 320 g/mol. The number of hydrogen-bond donors (Lipinski definition) is 1. The van der Waals surface area contributed by atoms with Crippen LogP contribution in [-0.4, -0.2) is 10.9 Å². The molecular formula is C20H17ClN2O. The summed E-state index contributed by atoms with van der Waals surface area (Å²) in [4.78, 5) is 17.2. The van der Waals surface area contributed by atoms with Crippen LogP contribution in [-0.2, 0) is 10.2 Å². The Kier molecular flexibility index (Phi) is 4.63. The summed E-state index contributed by atoms with van der Waals surface area (Å²) in [5.41, 5.74) is 1.48. The molecule has 0 radical (unpaired) electrons. The molecule has 0 aliphatic rings. The van der Waals surface area contributed by atoms with Crippen molar-refractivity contribution in [1.29, 1.82) is 0 Å². The van der Waals surface area contributed by atoms with Gasteiger partial charge in [0, 0.05) is 6.20 Å². The molecule has 0 bridgehead atoms. The summed E-state index contributed by atoms with van der Waals surface area (Å²) in [6, 6.07) is 22.9. The molecule has 0 fully saturated rings. The SMILES string of the molecule is CC(C(=O)Nc1cccnc1Cl)(c1ccccc1)c1ccccc1. The summed E-state index contributed by atoms with van der Waals surface area (Å²) in [5, 5.41) is 3.19. The maximum atomic E-state index is 13.2. The number of halogens is 1. The molecule has 4 heteroatoms. The molecule has 0 aliphatic heterocycles.